The summed E-state index contributed by atoms with van der Waals surface area (Å²) in [6.45, 7) is 6.23. The lowest BCUT2D eigenvalue weighted by Crippen LogP contribution is -2.21. The molecule has 1 heterocycles. The molecular weight excluding hydrogens is 318 g/mol. The van der Waals surface area contributed by atoms with Crippen LogP contribution >= 0.6 is 11.3 Å². The van der Waals surface area contributed by atoms with E-state index in [0.717, 1.165) is 38.0 Å². The molecule has 128 valence electrons. The van der Waals surface area contributed by atoms with Crippen molar-refractivity contribution in [1.29, 1.82) is 0 Å². The van der Waals surface area contributed by atoms with Gasteiger partial charge in [0, 0.05) is 29.3 Å². The van der Waals surface area contributed by atoms with Gasteiger partial charge < -0.3 is 16.0 Å². The van der Waals surface area contributed by atoms with Crippen molar-refractivity contribution in [2.45, 2.75) is 39.5 Å². The number of thiophene rings is 1. The Balaban J connectivity index is 1.77. The molecule has 24 heavy (non-hydrogen) atoms. The molecular formula is C19H25N3OS. The molecule has 0 saturated heterocycles. The maximum atomic E-state index is 12.7. The van der Waals surface area contributed by atoms with Crippen LogP contribution in [-0.2, 0) is 12.8 Å². The van der Waals surface area contributed by atoms with Crippen molar-refractivity contribution in [1.82, 2.24) is 0 Å². The number of nitrogens with one attached hydrogen (secondary N) is 1. The van der Waals surface area contributed by atoms with Crippen LogP contribution in [-0.4, -0.2) is 19.0 Å². The Kier molecular flexibility index (Phi) is 5.09. The van der Waals surface area contributed by atoms with Gasteiger partial charge in [-0.3, -0.25) is 4.79 Å². The van der Waals surface area contributed by atoms with E-state index in [-0.39, 0.29) is 5.91 Å². The minimum Gasteiger partial charge on any atom is -0.390 e. The van der Waals surface area contributed by atoms with Crippen LogP contribution in [0.4, 0.5) is 16.4 Å². The van der Waals surface area contributed by atoms with Gasteiger partial charge in [0.1, 0.15) is 0 Å². The summed E-state index contributed by atoms with van der Waals surface area (Å²) in [5, 5.41) is 3.66. The molecule has 0 fully saturated rings. The summed E-state index contributed by atoms with van der Waals surface area (Å²) in [6.07, 6.45) is 4.35. The Hall–Kier alpha value is -2.01. The first-order chi connectivity index (χ1) is 11.6. The van der Waals surface area contributed by atoms with Gasteiger partial charge in [-0.05, 0) is 69.4 Å². The van der Waals surface area contributed by atoms with Crippen LogP contribution < -0.4 is 16.0 Å². The molecule has 3 rings (SSSR count). The summed E-state index contributed by atoms with van der Waals surface area (Å²) < 4.78 is 0. The van der Waals surface area contributed by atoms with Crippen LogP contribution in [0.15, 0.2) is 24.3 Å². The number of nitrogens with two attached hydrogens (primary N) is 1. The fourth-order valence-electron chi connectivity index (χ4n) is 3.37. The molecule has 0 atom stereocenters. The molecule has 1 aromatic carbocycles. The highest BCUT2D eigenvalue weighted by Gasteiger charge is 2.24. The monoisotopic (exact) mass is 343 g/mol. The largest absolute Gasteiger partial charge is 0.390 e. The third kappa shape index (κ3) is 3.26. The molecule has 2 aromatic rings. The van der Waals surface area contributed by atoms with Crippen molar-refractivity contribution in [3.05, 3.63) is 40.3 Å². The molecule has 4 nitrogen and oxygen atoms in total. The number of hydrogen-bond donors (Lipinski definition) is 2. The highest BCUT2D eigenvalue weighted by Crippen LogP contribution is 2.36. The van der Waals surface area contributed by atoms with Gasteiger partial charge in [-0.1, -0.05) is 0 Å². The molecule has 0 radical (unpaired) electrons. The number of aryl methyl sites for hydroxylation is 1. The maximum absolute atomic E-state index is 12.7. The average molecular weight is 343 g/mol. The molecule has 0 bridgehead atoms. The topological polar surface area (TPSA) is 58.4 Å². The lowest BCUT2D eigenvalue weighted by atomic mass is 9.95. The number of benzene rings is 1. The van der Waals surface area contributed by atoms with E-state index < -0.39 is 0 Å². The lowest BCUT2D eigenvalue weighted by molar-refractivity contribution is 0.102. The number of amides is 1. The van der Waals surface area contributed by atoms with Crippen LogP contribution in [0.5, 0.6) is 0 Å². The fourth-order valence-corrected chi connectivity index (χ4v) is 4.53. The highest BCUT2D eigenvalue weighted by atomic mass is 32.1. The summed E-state index contributed by atoms with van der Waals surface area (Å²) in [7, 11) is 0. The Morgan fingerprint density at radius 3 is 2.50 bits per heavy atom. The van der Waals surface area contributed by atoms with E-state index >= 15 is 0 Å². The standard InChI is InChI=1S/C19H25N3OS/c1-3-22(4-2)14-11-9-13(10-12-14)21-19(23)17-15-7-5-6-8-16(15)24-18(17)20/h9-12H,3-8,20H2,1-2H3,(H,21,23). The lowest BCUT2D eigenvalue weighted by Gasteiger charge is -2.21. The first-order valence-electron chi connectivity index (χ1n) is 8.70. The van der Waals surface area contributed by atoms with Crippen molar-refractivity contribution in [3.63, 3.8) is 0 Å². The second-order valence-electron chi connectivity index (χ2n) is 6.12. The van der Waals surface area contributed by atoms with Gasteiger partial charge in [-0.2, -0.15) is 0 Å². The zero-order valence-corrected chi connectivity index (χ0v) is 15.2. The molecule has 0 unspecified atom stereocenters. The second kappa shape index (κ2) is 7.26. The number of carbonyl (C=O) groups excluding carboxylic acids is 1. The Labute approximate surface area is 147 Å². The minimum atomic E-state index is -0.0810. The summed E-state index contributed by atoms with van der Waals surface area (Å²) in [5.74, 6) is -0.0810. The van der Waals surface area contributed by atoms with E-state index in [0.29, 0.717) is 10.6 Å². The van der Waals surface area contributed by atoms with Gasteiger partial charge in [0.2, 0.25) is 0 Å². The van der Waals surface area contributed by atoms with Crippen molar-refractivity contribution in [3.8, 4) is 0 Å². The van der Waals surface area contributed by atoms with Crippen molar-refractivity contribution in [2.24, 2.45) is 0 Å². The Morgan fingerprint density at radius 1 is 1.17 bits per heavy atom. The first-order valence-corrected chi connectivity index (χ1v) is 9.52. The molecule has 1 aliphatic carbocycles. The predicted octanol–water partition coefficient (Wildman–Crippen LogP) is 4.31. The van der Waals surface area contributed by atoms with Gasteiger partial charge in [0.05, 0.1) is 10.6 Å². The summed E-state index contributed by atoms with van der Waals surface area (Å²) in [5.41, 5.74) is 9.97. The molecule has 3 N–H and O–H groups in total. The van der Waals surface area contributed by atoms with Crippen LogP contribution in [0.1, 0.15) is 47.5 Å². The van der Waals surface area contributed by atoms with Crippen molar-refractivity contribution in [2.75, 3.05) is 29.0 Å². The fraction of sp³-hybridized carbons (Fsp3) is 0.421. The number of fused-ring (bicyclic) bond motifs is 1. The number of anilines is 3. The number of hydrogen-bond acceptors (Lipinski definition) is 4. The van der Waals surface area contributed by atoms with Crippen LogP contribution in [0.25, 0.3) is 0 Å². The van der Waals surface area contributed by atoms with E-state index in [4.69, 9.17) is 5.73 Å². The first kappa shape index (κ1) is 16.8. The highest BCUT2D eigenvalue weighted by molar-refractivity contribution is 7.16. The maximum Gasteiger partial charge on any atom is 0.258 e. The Morgan fingerprint density at radius 2 is 1.83 bits per heavy atom. The van der Waals surface area contributed by atoms with E-state index in [1.165, 1.54) is 22.5 Å². The van der Waals surface area contributed by atoms with E-state index in [1.807, 2.05) is 12.1 Å². The zero-order chi connectivity index (χ0) is 17.1. The molecule has 1 aromatic heterocycles. The molecule has 0 saturated carbocycles. The molecule has 1 aliphatic rings. The third-order valence-corrected chi connectivity index (χ3v) is 5.80. The van der Waals surface area contributed by atoms with E-state index in [2.05, 4.69) is 36.2 Å². The third-order valence-electron chi connectivity index (χ3n) is 4.68. The van der Waals surface area contributed by atoms with Gasteiger partial charge in [0.25, 0.3) is 5.91 Å². The quantitative estimate of drug-likeness (QED) is 0.850. The van der Waals surface area contributed by atoms with Crippen molar-refractivity contribution >= 4 is 33.6 Å². The number of carbonyl (C=O) groups is 1. The molecule has 0 aliphatic heterocycles. The summed E-state index contributed by atoms with van der Waals surface area (Å²) >= 11 is 1.58. The Bertz CT molecular complexity index is 717. The number of rotatable bonds is 5. The number of nitrogens with zero attached hydrogens (tertiary/aromatic N) is 1. The average Bonchev–Trinajstić information content (AvgIpc) is 2.93. The second-order valence-corrected chi connectivity index (χ2v) is 7.26. The molecule has 5 heteroatoms. The van der Waals surface area contributed by atoms with Crippen molar-refractivity contribution < 1.29 is 4.79 Å². The SMILES string of the molecule is CCN(CC)c1ccc(NC(=O)c2c(N)sc3c2CCCC3)cc1. The van der Waals surface area contributed by atoms with E-state index in [9.17, 15) is 4.79 Å². The predicted molar refractivity (Wildman–Crippen MR) is 103 cm³/mol. The zero-order valence-electron chi connectivity index (χ0n) is 14.4. The van der Waals surface area contributed by atoms with Gasteiger partial charge in [0.15, 0.2) is 0 Å². The summed E-state index contributed by atoms with van der Waals surface area (Å²) in [6, 6.07) is 8.02. The van der Waals surface area contributed by atoms with Crippen LogP contribution in [0, 0.1) is 0 Å². The number of nitrogen functional groups attached to an aromatic ring is 1. The smallest absolute Gasteiger partial charge is 0.258 e. The van der Waals surface area contributed by atoms with Gasteiger partial charge >= 0.3 is 0 Å². The van der Waals surface area contributed by atoms with Gasteiger partial charge in [-0.25, -0.2) is 0 Å². The molecule has 0 spiro atoms. The van der Waals surface area contributed by atoms with E-state index in [1.54, 1.807) is 11.3 Å². The summed E-state index contributed by atoms with van der Waals surface area (Å²) in [4.78, 5) is 16.3. The molecule has 1 amide bonds. The van der Waals surface area contributed by atoms with Gasteiger partial charge in [-0.15, -0.1) is 11.3 Å². The normalized spacial score (nSPS) is 13.4. The van der Waals surface area contributed by atoms with Crippen LogP contribution in [0.3, 0.4) is 0 Å². The van der Waals surface area contributed by atoms with Crippen LogP contribution in [0.2, 0.25) is 0 Å². The minimum absolute atomic E-state index is 0.0810.